The van der Waals surface area contributed by atoms with Crippen LogP contribution in [-0.4, -0.2) is 41.8 Å². The molecule has 2 amide bonds. The molecule has 0 bridgehead atoms. The molecule has 1 heterocycles. The molecule has 0 aliphatic carbocycles. The van der Waals surface area contributed by atoms with E-state index in [1.807, 2.05) is 60.7 Å². The normalized spacial score (nSPS) is 10.3. The summed E-state index contributed by atoms with van der Waals surface area (Å²) in [4.78, 5) is 24.4. The molecule has 0 unspecified atom stereocenters. The number of benzene rings is 2. The number of ether oxygens (including phenoxy) is 1. The molecule has 0 saturated carbocycles. The van der Waals surface area contributed by atoms with Gasteiger partial charge in [-0.15, -0.1) is 0 Å². The predicted octanol–water partition coefficient (Wildman–Crippen LogP) is 1.97. The fourth-order valence-electron chi connectivity index (χ4n) is 2.68. The number of carbonyl (C=O) groups is 2. The number of hydrogen-bond donors (Lipinski definition) is 2. The Morgan fingerprint density at radius 2 is 1.61 bits per heavy atom. The molecule has 0 aliphatic rings. The zero-order chi connectivity index (χ0) is 19.8. The molecule has 2 aromatic carbocycles. The summed E-state index contributed by atoms with van der Waals surface area (Å²) in [6.07, 6.45) is 1.97. The SMILES string of the molecule is COc1cn(-c2ccccc2)nc1C(=O)NCCNC(=O)Cc1ccccc1. The molecule has 3 rings (SSSR count). The van der Waals surface area contributed by atoms with Crippen molar-refractivity contribution in [1.29, 1.82) is 0 Å². The number of carbonyl (C=O) groups excluding carboxylic acids is 2. The Bertz CT molecular complexity index is 923. The van der Waals surface area contributed by atoms with Crippen LogP contribution in [0.5, 0.6) is 5.75 Å². The average molecular weight is 378 g/mol. The highest BCUT2D eigenvalue weighted by Gasteiger charge is 2.18. The fourth-order valence-corrected chi connectivity index (χ4v) is 2.68. The fraction of sp³-hybridized carbons (Fsp3) is 0.190. The van der Waals surface area contributed by atoms with E-state index in [-0.39, 0.29) is 17.5 Å². The Labute approximate surface area is 163 Å². The second kappa shape index (κ2) is 9.36. The first-order valence-electron chi connectivity index (χ1n) is 8.95. The van der Waals surface area contributed by atoms with Gasteiger partial charge in [0.05, 0.1) is 25.4 Å². The first kappa shape index (κ1) is 19.2. The maximum Gasteiger partial charge on any atom is 0.275 e. The minimum absolute atomic E-state index is 0.0913. The molecule has 1 aromatic heterocycles. The molecule has 0 fully saturated rings. The van der Waals surface area contributed by atoms with Crippen molar-refractivity contribution >= 4 is 11.8 Å². The van der Waals surface area contributed by atoms with Crippen LogP contribution in [0, 0.1) is 0 Å². The summed E-state index contributed by atoms with van der Waals surface area (Å²) in [6.45, 7) is 0.625. The lowest BCUT2D eigenvalue weighted by Gasteiger charge is -2.07. The lowest BCUT2D eigenvalue weighted by atomic mass is 10.1. The minimum Gasteiger partial charge on any atom is -0.493 e. The number of rotatable bonds is 8. The van der Waals surface area contributed by atoms with Crippen molar-refractivity contribution < 1.29 is 14.3 Å². The van der Waals surface area contributed by atoms with Crippen LogP contribution in [0.25, 0.3) is 5.69 Å². The topological polar surface area (TPSA) is 85.2 Å². The van der Waals surface area contributed by atoms with E-state index in [1.54, 1.807) is 10.9 Å². The number of para-hydroxylation sites is 1. The van der Waals surface area contributed by atoms with Crippen molar-refractivity contribution in [2.24, 2.45) is 0 Å². The van der Waals surface area contributed by atoms with Crippen molar-refractivity contribution in [2.75, 3.05) is 20.2 Å². The lowest BCUT2D eigenvalue weighted by molar-refractivity contribution is -0.120. The average Bonchev–Trinajstić information content (AvgIpc) is 3.17. The molecule has 0 aliphatic heterocycles. The molecule has 3 aromatic rings. The van der Waals surface area contributed by atoms with Gasteiger partial charge in [-0.3, -0.25) is 9.59 Å². The van der Waals surface area contributed by atoms with Gasteiger partial charge in [-0.25, -0.2) is 4.68 Å². The van der Waals surface area contributed by atoms with Crippen LogP contribution >= 0.6 is 0 Å². The lowest BCUT2D eigenvalue weighted by Crippen LogP contribution is -2.35. The van der Waals surface area contributed by atoms with Crippen LogP contribution in [0.3, 0.4) is 0 Å². The molecule has 0 atom stereocenters. The molecule has 2 N–H and O–H groups in total. The van der Waals surface area contributed by atoms with Gasteiger partial charge in [0.15, 0.2) is 11.4 Å². The summed E-state index contributed by atoms with van der Waals surface area (Å²) in [5.41, 5.74) is 1.97. The number of methoxy groups -OCH3 is 1. The highest BCUT2D eigenvalue weighted by Crippen LogP contribution is 2.19. The minimum atomic E-state index is -0.358. The van der Waals surface area contributed by atoms with Gasteiger partial charge in [-0.2, -0.15) is 5.10 Å². The zero-order valence-corrected chi connectivity index (χ0v) is 15.6. The largest absolute Gasteiger partial charge is 0.493 e. The number of hydrogen-bond acceptors (Lipinski definition) is 4. The molecule has 144 valence electrons. The summed E-state index contributed by atoms with van der Waals surface area (Å²) < 4.78 is 6.86. The Morgan fingerprint density at radius 1 is 0.964 bits per heavy atom. The third-order valence-corrected chi connectivity index (χ3v) is 4.08. The highest BCUT2D eigenvalue weighted by atomic mass is 16.5. The Kier molecular flexibility index (Phi) is 6.41. The molecule has 0 spiro atoms. The monoisotopic (exact) mass is 378 g/mol. The van der Waals surface area contributed by atoms with E-state index in [1.165, 1.54) is 7.11 Å². The van der Waals surface area contributed by atoms with Gasteiger partial charge < -0.3 is 15.4 Å². The quantitative estimate of drug-likeness (QED) is 0.587. The van der Waals surface area contributed by atoms with E-state index < -0.39 is 0 Å². The van der Waals surface area contributed by atoms with Crippen molar-refractivity contribution in [3.63, 3.8) is 0 Å². The van der Waals surface area contributed by atoms with Crippen molar-refractivity contribution in [1.82, 2.24) is 20.4 Å². The van der Waals surface area contributed by atoms with Crippen LogP contribution in [0.4, 0.5) is 0 Å². The van der Waals surface area contributed by atoms with E-state index in [0.717, 1.165) is 11.3 Å². The molecule has 0 radical (unpaired) electrons. The maximum absolute atomic E-state index is 12.4. The summed E-state index contributed by atoms with van der Waals surface area (Å²) >= 11 is 0. The van der Waals surface area contributed by atoms with Gasteiger partial charge in [0.1, 0.15) is 0 Å². The Morgan fingerprint density at radius 3 is 2.29 bits per heavy atom. The number of amides is 2. The molecule has 7 nitrogen and oxygen atoms in total. The van der Waals surface area contributed by atoms with Crippen LogP contribution in [0.15, 0.2) is 66.9 Å². The third-order valence-electron chi connectivity index (χ3n) is 4.08. The van der Waals surface area contributed by atoms with Gasteiger partial charge in [-0.1, -0.05) is 48.5 Å². The summed E-state index contributed by atoms with van der Waals surface area (Å²) in [5, 5.41) is 9.85. The second-order valence-corrected chi connectivity index (χ2v) is 6.09. The predicted molar refractivity (Wildman–Crippen MR) is 106 cm³/mol. The van der Waals surface area contributed by atoms with Gasteiger partial charge in [0.2, 0.25) is 5.91 Å². The summed E-state index contributed by atoms with van der Waals surface area (Å²) in [7, 11) is 1.49. The zero-order valence-electron chi connectivity index (χ0n) is 15.6. The third kappa shape index (κ3) is 4.97. The Hall–Kier alpha value is -3.61. The molecular formula is C21H22N4O3. The van der Waals surface area contributed by atoms with E-state index in [0.29, 0.717) is 25.3 Å². The first-order valence-corrected chi connectivity index (χ1v) is 8.95. The number of nitrogens with one attached hydrogen (secondary N) is 2. The Balaban J connectivity index is 1.51. The molecular weight excluding hydrogens is 356 g/mol. The number of nitrogens with zero attached hydrogens (tertiary/aromatic N) is 2. The summed E-state index contributed by atoms with van der Waals surface area (Å²) in [5.74, 6) is -0.0651. The molecule has 0 saturated heterocycles. The van der Waals surface area contributed by atoms with Gasteiger partial charge in [0, 0.05) is 13.1 Å². The smallest absolute Gasteiger partial charge is 0.275 e. The highest BCUT2D eigenvalue weighted by molar-refractivity contribution is 5.95. The number of aromatic nitrogens is 2. The van der Waals surface area contributed by atoms with E-state index in [2.05, 4.69) is 15.7 Å². The molecule has 28 heavy (non-hydrogen) atoms. The van der Waals surface area contributed by atoms with Crippen LogP contribution < -0.4 is 15.4 Å². The maximum atomic E-state index is 12.4. The van der Waals surface area contributed by atoms with Gasteiger partial charge in [0.25, 0.3) is 5.91 Å². The van der Waals surface area contributed by atoms with Gasteiger partial charge >= 0.3 is 0 Å². The molecule has 7 heteroatoms. The van der Waals surface area contributed by atoms with Crippen molar-refractivity contribution in [3.05, 3.63) is 78.1 Å². The standard InChI is InChI=1S/C21H22N4O3/c1-28-18-15-25(17-10-6-3-7-11-17)24-20(18)21(27)23-13-12-22-19(26)14-16-8-4-2-5-9-16/h2-11,15H,12-14H2,1H3,(H,22,26)(H,23,27). The van der Waals surface area contributed by atoms with Crippen LogP contribution in [-0.2, 0) is 11.2 Å². The second-order valence-electron chi connectivity index (χ2n) is 6.09. The van der Waals surface area contributed by atoms with Crippen molar-refractivity contribution in [2.45, 2.75) is 6.42 Å². The van der Waals surface area contributed by atoms with E-state index >= 15 is 0 Å². The van der Waals surface area contributed by atoms with E-state index in [9.17, 15) is 9.59 Å². The first-order chi connectivity index (χ1) is 13.7. The van der Waals surface area contributed by atoms with Crippen LogP contribution in [0.2, 0.25) is 0 Å². The summed E-state index contributed by atoms with van der Waals surface area (Å²) in [6, 6.07) is 19.0. The van der Waals surface area contributed by atoms with E-state index in [4.69, 9.17) is 4.74 Å². The van der Waals surface area contributed by atoms with Crippen LogP contribution in [0.1, 0.15) is 16.1 Å². The van der Waals surface area contributed by atoms with Crippen molar-refractivity contribution in [3.8, 4) is 11.4 Å². The van der Waals surface area contributed by atoms with Gasteiger partial charge in [-0.05, 0) is 17.7 Å².